The lowest BCUT2D eigenvalue weighted by Gasteiger charge is -2.35. The topological polar surface area (TPSA) is 46.1 Å². The lowest BCUT2D eigenvalue weighted by molar-refractivity contribution is -0.00842. The number of aliphatic imine (C=N–C) groups is 1. The van der Waals surface area contributed by atoms with Crippen LogP contribution >= 0.6 is 24.0 Å². The van der Waals surface area contributed by atoms with Crippen molar-refractivity contribution in [2.75, 3.05) is 46.5 Å². The maximum atomic E-state index is 5.96. The van der Waals surface area contributed by atoms with Crippen molar-refractivity contribution in [1.29, 1.82) is 0 Å². The number of morpholine rings is 1. The van der Waals surface area contributed by atoms with Crippen molar-refractivity contribution in [3.05, 3.63) is 35.4 Å². The van der Waals surface area contributed by atoms with E-state index < -0.39 is 0 Å². The van der Waals surface area contributed by atoms with Crippen molar-refractivity contribution in [3.8, 4) is 0 Å². The van der Waals surface area contributed by atoms with Crippen LogP contribution in [0.15, 0.2) is 29.3 Å². The van der Waals surface area contributed by atoms with Crippen LogP contribution in [0.2, 0.25) is 0 Å². The fourth-order valence-electron chi connectivity index (χ4n) is 2.69. The molecule has 1 unspecified atom stereocenters. The van der Waals surface area contributed by atoms with E-state index in [0.29, 0.717) is 13.2 Å². The fraction of sp³-hybridized carbons (Fsp3) is 0.588. The minimum absolute atomic E-state index is 0. The average Bonchev–Trinajstić information content (AvgIpc) is 2.55. The summed E-state index contributed by atoms with van der Waals surface area (Å²) in [4.78, 5) is 6.64. The van der Waals surface area contributed by atoms with E-state index >= 15 is 0 Å². The predicted octanol–water partition coefficient (Wildman–Crippen LogP) is 2.60. The lowest BCUT2D eigenvalue weighted by atomic mass is 10.0. The Hall–Kier alpha value is -0.860. The van der Waals surface area contributed by atoms with Gasteiger partial charge in [-0.05, 0) is 25.0 Å². The van der Waals surface area contributed by atoms with Crippen LogP contribution in [0, 0.1) is 6.92 Å². The highest BCUT2D eigenvalue weighted by atomic mass is 127. The molecule has 1 fully saturated rings. The molecule has 0 bridgehead atoms. The number of benzene rings is 1. The third-order valence-corrected chi connectivity index (χ3v) is 3.85. The van der Waals surface area contributed by atoms with Gasteiger partial charge in [0.15, 0.2) is 5.96 Å². The fourth-order valence-corrected chi connectivity index (χ4v) is 2.69. The first-order valence-electron chi connectivity index (χ1n) is 7.96. The molecule has 5 nitrogen and oxygen atoms in total. The first-order chi connectivity index (χ1) is 10.8. The van der Waals surface area contributed by atoms with Crippen LogP contribution in [-0.4, -0.2) is 57.4 Å². The van der Waals surface area contributed by atoms with E-state index in [1.54, 1.807) is 0 Å². The minimum Gasteiger partial charge on any atom is -0.380 e. The molecule has 6 heteroatoms. The lowest BCUT2D eigenvalue weighted by Crippen LogP contribution is -2.48. The maximum absolute atomic E-state index is 5.96. The van der Waals surface area contributed by atoms with E-state index in [2.05, 4.69) is 46.4 Å². The molecule has 1 N–H and O–H groups in total. The van der Waals surface area contributed by atoms with Crippen LogP contribution in [0.1, 0.15) is 24.2 Å². The molecule has 1 aliphatic heterocycles. The standard InChI is InChI=1S/C17H27N3O2.HI/c1-4-21-11-9-19-17(18-3)20-10-12-22-16(13-20)15-8-6-5-7-14(15)2;/h5-8,16H,4,9-13H2,1-3H3,(H,18,19);1H. The summed E-state index contributed by atoms with van der Waals surface area (Å²) in [6.45, 7) is 8.73. The molecule has 0 aromatic heterocycles. The van der Waals surface area contributed by atoms with E-state index in [1.807, 2.05) is 14.0 Å². The van der Waals surface area contributed by atoms with Gasteiger partial charge < -0.3 is 19.7 Å². The molecule has 0 aliphatic carbocycles. The Kier molecular flexibility index (Phi) is 9.50. The molecule has 1 saturated heterocycles. The highest BCUT2D eigenvalue weighted by molar-refractivity contribution is 14.0. The molecule has 23 heavy (non-hydrogen) atoms. The van der Waals surface area contributed by atoms with Gasteiger partial charge in [0, 0.05) is 26.7 Å². The molecule has 0 saturated carbocycles. The second kappa shape index (κ2) is 10.8. The highest BCUT2D eigenvalue weighted by Crippen LogP contribution is 2.24. The Bertz CT molecular complexity index is 496. The number of hydrogen-bond donors (Lipinski definition) is 1. The molecule has 1 aliphatic rings. The van der Waals surface area contributed by atoms with Gasteiger partial charge in [-0.2, -0.15) is 0 Å². The van der Waals surface area contributed by atoms with Gasteiger partial charge in [0.25, 0.3) is 0 Å². The Balaban J connectivity index is 0.00000264. The summed E-state index contributed by atoms with van der Waals surface area (Å²) in [6, 6.07) is 8.41. The van der Waals surface area contributed by atoms with Gasteiger partial charge in [-0.1, -0.05) is 24.3 Å². The van der Waals surface area contributed by atoms with Gasteiger partial charge in [-0.25, -0.2) is 0 Å². The zero-order valence-electron chi connectivity index (χ0n) is 14.2. The summed E-state index contributed by atoms with van der Waals surface area (Å²) in [5.41, 5.74) is 2.53. The molecule has 1 aromatic rings. The normalized spacial score (nSPS) is 18.5. The number of rotatable bonds is 5. The van der Waals surface area contributed by atoms with E-state index in [9.17, 15) is 0 Å². The SMILES string of the molecule is CCOCCNC(=NC)N1CCOC(c2ccccc2C)C1.I. The average molecular weight is 433 g/mol. The van der Waals surface area contributed by atoms with Gasteiger partial charge in [-0.3, -0.25) is 4.99 Å². The van der Waals surface area contributed by atoms with Gasteiger partial charge in [0.1, 0.15) is 6.10 Å². The third kappa shape index (κ3) is 5.93. The van der Waals surface area contributed by atoms with E-state index in [-0.39, 0.29) is 30.1 Å². The Morgan fingerprint density at radius 1 is 1.43 bits per heavy atom. The van der Waals surface area contributed by atoms with Gasteiger partial charge in [-0.15, -0.1) is 24.0 Å². The number of aryl methyl sites for hydroxylation is 1. The van der Waals surface area contributed by atoms with Crippen molar-refractivity contribution in [2.24, 2.45) is 4.99 Å². The number of nitrogens with one attached hydrogen (secondary N) is 1. The molecular weight excluding hydrogens is 405 g/mol. The number of hydrogen-bond acceptors (Lipinski definition) is 3. The monoisotopic (exact) mass is 433 g/mol. The summed E-state index contributed by atoms with van der Waals surface area (Å²) >= 11 is 0. The van der Waals surface area contributed by atoms with E-state index in [4.69, 9.17) is 9.47 Å². The summed E-state index contributed by atoms with van der Waals surface area (Å²) in [6.07, 6.45) is 0.0976. The first-order valence-corrected chi connectivity index (χ1v) is 7.96. The number of ether oxygens (including phenoxy) is 2. The molecule has 1 atom stereocenters. The molecule has 0 spiro atoms. The predicted molar refractivity (Wildman–Crippen MR) is 105 cm³/mol. The minimum atomic E-state index is 0. The summed E-state index contributed by atoms with van der Waals surface area (Å²) in [7, 11) is 1.82. The number of halogens is 1. The maximum Gasteiger partial charge on any atom is 0.193 e. The zero-order chi connectivity index (χ0) is 15.8. The largest absolute Gasteiger partial charge is 0.380 e. The Labute approximate surface area is 156 Å². The van der Waals surface area contributed by atoms with Crippen molar-refractivity contribution < 1.29 is 9.47 Å². The van der Waals surface area contributed by atoms with Crippen LogP contribution in [-0.2, 0) is 9.47 Å². The molecule has 1 aromatic carbocycles. The van der Waals surface area contributed by atoms with Gasteiger partial charge in [0.2, 0.25) is 0 Å². The van der Waals surface area contributed by atoms with Gasteiger partial charge in [0.05, 0.1) is 19.8 Å². The molecule has 0 amide bonds. The van der Waals surface area contributed by atoms with Crippen LogP contribution in [0.4, 0.5) is 0 Å². The van der Waals surface area contributed by atoms with Crippen molar-refractivity contribution in [1.82, 2.24) is 10.2 Å². The van der Waals surface area contributed by atoms with Crippen LogP contribution in [0.5, 0.6) is 0 Å². The third-order valence-electron chi connectivity index (χ3n) is 3.85. The number of nitrogens with zero attached hydrogens (tertiary/aromatic N) is 2. The van der Waals surface area contributed by atoms with Crippen LogP contribution < -0.4 is 5.32 Å². The molecule has 2 rings (SSSR count). The second-order valence-electron chi connectivity index (χ2n) is 5.33. The molecule has 130 valence electrons. The van der Waals surface area contributed by atoms with Crippen LogP contribution in [0.25, 0.3) is 0 Å². The van der Waals surface area contributed by atoms with Crippen molar-refractivity contribution in [2.45, 2.75) is 20.0 Å². The van der Waals surface area contributed by atoms with E-state index in [1.165, 1.54) is 11.1 Å². The van der Waals surface area contributed by atoms with Crippen molar-refractivity contribution in [3.63, 3.8) is 0 Å². The summed E-state index contributed by atoms with van der Waals surface area (Å²) in [5, 5.41) is 3.36. The van der Waals surface area contributed by atoms with Gasteiger partial charge >= 0.3 is 0 Å². The van der Waals surface area contributed by atoms with E-state index in [0.717, 1.165) is 32.2 Å². The summed E-state index contributed by atoms with van der Waals surface area (Å²) < 4.78 is 11.3. The second-order valence-corrected chi connectivity index (χ2v) is 5.33. The highest BCUT2D eigenvalue weighted by Gasteiger charge is 2.24. The van der Waals surface area contributed by atoms with Crippen LogP contribution in [0.3, 0.4) is 0 Å². The zero-order valence-corrected chi connectivity index (χ0v) is 16.6. The first kappa shape index (κ1) is 20.2. The molecule has 0 radical (unpaired) electrons. The summed E-state index contributed by atoms with van der Waals surface area (Å²) in [5.74, 6) is 0.918. The van der Waals surface area contributed by atoms with Crippen molar-refractivity contribution >= 4 is 29.9 Å². The quantitative estimate of drug-likeness (QED) is 0.336. The Morgan fingerprint density at radius 3 is 2.91 bits per heavy atom. The molecular formula is C17H28IN3O2. The Morgan fingerprint density at radius 2 is 2.22 bits per heavy atom. The number of guanidine groups is 1. The smallest absolute Gasteiger partial charge is 0.193 e. The molecule has 1 heterocycles.